The Bertz CT molecular complexity index is 487. The lowest BCUT2D eigenvalue weighted by Crippen LogP contribution is -2.17. The van der Waals surface area contributed by atoms with Crippen LogP contribution < -0.4 is 5.32 Å². The van der Waals surface area contributed by atoms with E-state index in [-0.39, 0.29) is 0 Å². The molecule has 0 saturated carbocycles. The van der Waals surface area contributed by atoms with Gasteiger partial charge in [0, 0.05) is 24.2 Å². The zero-order valence-electron chi connectivity index (χ0n) is 11.2. The molecule has 0 bridgehead atoms. The third-order valence-corrected chi connectivity index (χ3v) is 2.92. The van der Waals surface area contributed by atoms with Gasteiger partial charge in [0.05, 0.1) is 19.1 Å². The maximum Gasteiger partial charge on any atom is 0.118 e. The minimum Gasteiger partial charge on any atom is -0.469 e. The molecule has 18 heavy (non-hydrogen) atoms. The highest BCUT2D eigenvalue weighted by molar-refractivity contribution is 5.16. The van der Waals surface area contributed by atoms with Crippen LogP contribution in [0.3, 0.4) is 0 Å². The summed E-state index contributed by atoms with van der Waals surface area (Å²) < 4.78 is 10.8. The second kappa shape index (κ2) is 5.89. The van der Waals surface area contributed by atoms with Crippen LogP contribution >= 0.6 is 0 Å². The lowest BCUT2D eigenvalue weighted by Gasteiger charge is -2.14. The summed E-state index contributed by atoms with van der Waals surface area (Å²) in [5.41, 5.74) is 2.40. The summed E-state index contributed by atoms with van der Waals surface area (Å²) in [4.78, 5) is 2.21. The first-order valence-electron chi connectivity index (χ1n) is 6.11. The molecule has 1 N–H and O–H groups in total. The van der Waals surface area contributed by atoms with Gasteiger partial charge >= 0.3 is 0 Å². The summed E-state index contributed by atoms with van der Waals surface area (Å²) >= 11 is 0. The van der Waals surface area contributed by atoms with E-state index in [0.717, 1.165) is 31.2 Å². The third-order valence-electron chi connectivity index (χ3n) is 2.92. The van der Waals surface area contributed by atoms with Crippen molar-refractivity contribution in [2.75, 3.05) is 14.1 Å². The first kappa shape index (κ1) is 12.9. The minimum atomic E-state index is 0.800. The number of nitrogens with zero attached hydrogens (tertiary/aromatic N) is 1. The summed E-state index contributed by atoms with van der Waals surface area (Å²) in [5.74, 6) is 1.97. The van der Waals surface area contributed by atoms with Gasteiger partial charge in [0.2, 0.25) is 0 Å². The van der Waals surface area contributed by atoms with Gasteiger partial charge in [-0.25, -0.2) is 0 Å². The van der Waals surface area contributed by atoms with Crippen LogP contribution in [0.4, 0.5) is 0 Å². The van der Waals surface area contributed by atoms with Gasteiger partial charge in [-0.05, 0) is 33.2 Å². The van der Waals surface area contributed by atoms with E-state index in [9.17, 15) is 0 Å². The Morgan fingerprint density at radius 3 is 2.78 bits per heavy atom. The highest BCUT2D eigenvalue weighted by Gasteiger charge is 2.08. The van der Waals surface area contributed by atoms with Gasteiger partial charge in [0.15, 0.2) is 0 Å². The summed E-state index contributed by atoms with van der Waals surface area (Å²) in [7, 11) is 4.01. The number of nitrogens with one attached hydrogen (secondary N) is 1. The van der Waals surface area contributed by atoms with E-state index in [2.05, 4.69) is 23.3 Å². The molecule has 0 atom stereocenters. The Hall–Kier alpha value is -1.52. The number of hydrogen-bond acceptors (Lipinski definition) is 4. The molecule has 0 unspecified atom stereocenters. The lowest BCUT2D eigenvalue weighted by molar-refractivity contribution is 0.286. The Kier molecular flexibility index (Phi) is 4.23. The van der Waals surface area contributed by atoms with Gasteiger partial charge in [0.1, 0.15) is 11.5 Å². The van der Waals surface area contributed by atoms with Crippen LogP contribution in [0.1, 0.15) is 22.6 Å². The van der Waals surface area contributed by atoms with E-state index in [0.29, 0.717) is 0 Å². The lowest BCUT2D eigenvalue weighted by atomic mass is 10.2. The van der Waals surface area contributed by atoms with Crippen molar-refractivity contribution in [1.29, 1.82) is 0 Å². The smallest absolute Gasteiger partial charge is 0.118 e. The molecule has 2 heterocycles. The number of hydrogen-bond donors (Lipinski definition) is 1. The molecule has 0 aliphatic carbocycles. The van der Waals surface area contributed by atoms with Crippen molar-refractivity contribution in [3.8, 4) is 0 Å². The van der Waals surface area contributed by atoms with Crippen molar-refractivity contribution in [2.24, 2.45) is 0 Å². The van der Waals surface area contributed by atoms with Crippen molar-refractivity contribution in [3.05, 3.63) is 47.3 Å². The van der Waals surface area contributed by atoms with Crippen molar-refractivity contribution in [1.82, 2.24) is 10.2 Å². The molecule has 0 aromatic carbocycles. The molecule has 0 saturated heterocycles. The van der Waals surface area contributed by atoms with E-state index >= 15 is 0 Å². The average molecular weight is 248 g/mol. The molecule has 98 valence electrons. The van der Waals surface area contributed by atoms with Crippen LogP contribution in [0, 0.1) is 6.92 Å². The van der Waals surface area contributed by atoms with Gasteiger partial charge in [-0.3, -0.25) is 4.90 Å². The summed E-state index contributed by atoms with van der Waals surface area (Å²) in [6.45, 7) is 4.49. The fourth-order valence-corrected chi connectivity index (χ4v) is 1.99. The number of aryl methyl sites for hydroxylation is 1. The molecule has 0 aliphatic heterocycles. The Morgan fingerprint density at radius 1 is 1.28 bits per heavy atom. The Morgan fingerprint density at radius 2 is 2.11 bits per heavy atom. The molecular formula is C14H20N2O2. The molecule has 0 aliphatic rings. The zero-order valence-corrected chi connectivity index (χ0v) is 11.2. The normalized spacial score (nSPS) is 11.3. The SMILES string of the molecule is CNCc1coc(CN(C)Cc2ccoc2C)c1. The van der Waals surface area contributed by atoms with Crippen molar-refractivity contribution in [2.45, 2.75) is 26.6 Å². The zero-order chi connectivity index (χ0) is 13.0. The third kappa shape index (κ3) is 3.24. The van der Waals surface area contributed by atoms with Crippen LogP contribution in [-0.4, -0.2) is 19.0 Å². The molecule has 0 amide bonds. The molecular weight excluding hydrogens is 228 g/mol. The Balaban J connectivity index is 1.90. The first-order valence-corrected chi connectivity index (χ1v) is 6.11. The van der Waals surface area contributed by atoms with E-state index in [1.54, 1.807) is 6.26 Å². The molecule has 0 spiro atoms. The maximum atomic E-state index is 5.53. The summed E-state index contributed by atoms with van der Waals surface area (Å²) in [6, 6.07) is 4.11. The van der Waals surface area contributed by atoms with Crippen molar-refractivity contribution in [3.63, 3.8) is 0 Å². The van der Waals surface area contributed by atoms with Gasteiger partial charge < -0.3 is 14.2 Å². The van der Waals surface area contributed by atoms with Gasteiger partial charge in [-0.2, -0.15) is 0 Å². The average Bonchev–Trinajstić information content (AvgIpc) is 2.90. The van der Waals surface area contributed by atoms with Gasteiger partial charge in [-0.15, -0.1) is 0 Å². The maximum absolute atomic E-state index is 5.53. The van der Waals surface area contributed by atoms with E-state index in [1.807, 2.05) is 26.3 Å². The molecule has 2 rings (SSSR count). The molecule has 2 aromatic heterocycles. The first-order chi connectivity index (χ1) is 8.69. The quantitative estimate of drug-likeness (QED) is 0.853. The molecule has 0 radical (unpaired) electrons. The van der Waals surface area contributed by atoms with Crippen LogP contribution in [0.25, 0.3) is 0 Å². The highest BCUT2D eigenvalue weighted by Crippen LogP contribution is 2.14. The van der Waals surface area contributed by atoms with Crippen molar-refractivity contribution < 1.29 is 8.83 Å². The largest absolute Gasteiger partial charge is 0.469 e. The predicted octanol–water partition coefficient (Wildman–Crippen LogP) is 2.53. The molecule has 4 nitrogen and oxygen atoms in total. The summed E-state index contributed by atoms with van der Waals surface area (Å²) in [5, 5.41) is 3.11. The minimum absolute atomic E-state index is 0.800. The second-order valence-corrected chi connectivity index (χ2v) is 4.63. The van der Waals surface area contributed by atoms with Gasteiger partial charge in [0.25, 0.3) is 0 Å². The van der Waals surface area contributed by atoms with E-state index in [1.165, 1.54) is 11.1 Å². The van der Waals surface area contributed by atoms with E-state index in [4.69, 9.17) is 8.83 Å². The Labute approximate surface area is 108 Å². The summed E-state index contributed by atoms with van der Waals surface area (Å²) in [6.07, 6.45) is 3.54. The number of rotatable bonds is 6. The fraction of sp³-hybridized carbons (Fsp3) is 0.429. The van der Waals surface area contributed by atoms with Crippen molar-refractivity contribution >= 4 is 0 Å². The van der Waals surface area contributed by atoms with Gasteiger partial charge in [-0.1, -0.05) is 0 Å². The topological polar surface area (TPSA) is 41.6 Å². The molecule has 4 heteroatoms. The van der Waals surface area contributed by atoms with Crippen LogP contribution in [0.5, 0.6) is 0 Å². The van der Waals surface area contributed by atoms with Crippen LogP contribution in [0.2, 0.25) is 0 Å². The van der Waals surface area contributed by atoms with E-state index < -0.39 is 0 Å². The van der Waals surface area contributed by atoms with Crippen LogP contribution in [-0.2, 0) is 19.6 Å². The fourth-order valence-electron chi connectivity index (χ4n) is 1.99. The molecule has 2 aromatic rings. The predicted molar refractivity (Wildman–Crippen MR) is 70.1 cm³/mol. The monoisotopic (exact) mass is 248 g/mol. The molecule has 0 fully saturated rings. The van der Waals surface area contributed by atoms with Crippen LogP contribution in [0.15, 0.2) is 33.5 Å². The number of furan rings is 2. The standard InChI is InChI=1S/C14H20N2O2/c1-11-13(4-5-17-11)8-16(3)9-14-6-12(7-15-2)10-18-14/h4-6,10,15H,7-9H2,1-3H3. The highest BCUT2D eigenvalue weighted by atomic mass is 16.3. The second-order valence-electron chi connectivity index (χ2n) is 4.63.